The van der Waals surface area contributed by atoms with Crippen LogP contribution in [0.2, 0.25) is 0 Å². The molecule has 3 aliphatic carbocycles. The molecular formula is C28H38N2O2. The van der Waals surface area contributed by atoms with Crippen molar-refractivity contribution < 1.29 is 9.59 Å². The normalized spacial score (nSPS) is 41.4. The maximum atomic E-state index is 13.5. The number of hydrogen-bond acceptors (Lipinski definition) is 2. The quantitative estimate of drug-likeness (QED) is 0.718. The van der Waals surface area contributed by atoms with Crippen molar-refractivity contribution >= 4 is 11.8 Å². The second-order valence-corrected chi connectivity index (χ2v) is 11.4. The molecule has 5 rings (SSSR count). The summed E-state index contributed by atoms with van der Waals surface area (Å²) in [5, 5.41) is 3.34. The summed E-state index contributed by atoms with van der Waals surface area (Å²) < 4.78 is 0. The zero-order chi connectivity index (χ0) is 22.7. The van der Waals surface area contributed by atoms with Crippen LogP contribution in [0.3, 0.4) is 0 Å². The lowest BCUT2D eigenvalue weighted by Crippen LogP contribution is -2.59. The van der Waals surface area contributed by atoms with Gasteiger partial charge in [0.05, 0.1) is 6.04 Å². The van der Waals surface area contributed by atoms with Crippen molar-refractivity contribution in [3.63, 3.8) is 0 Å². The number of benzene rings is 1. The molecule has 1 heterocycles. The minimum atomic E-state index is 0.0393. The number of nitrogens with zero attached hydrogens (tertiary/aromatic N) is 1. The molecule has 32 heavy (non-hydrogen) atoms. The van der Waals surface area contributed by atoms with Crippen LogP contribution in [0.1, 0.15) is 70.9 Å². The first-order valence-electron chi connectivity index (χ1n) is 12.6. The number of fused-ring (bicyclic) bond motifs is 5. The van der Waals surface area contributed by atoms with Crippen LogP contribution in [-0.4, -0.2) is 29.8 Å². The summed E-state index contributed by atoms with van der Waals surface area (Å²) in [6, 6.07) is 10.6. The highest BCUT2D eigenvalue weighted by atomic mass is 16.2. The lowest BCUT2D eigenvalue weighted by molar-refractivity contribution is -0.142. The Kier molecular flexibility index (Phi) is 5.26. The maximum absolute atomic E-state index is 13.5. The van der Waals surface area contributed by atoms with Crippen LogP contribution in [0.15, 0.2) is 42.5 Å². The molecule has 0 spiro atoms. The van der Waals surface area contributed by atoms with Gasteiger partial charge in [0.15, 0.2) is 0 Å². The van der Waals surface area contributed by atoms with Gasteiger partial charge in [-0.1, -0.05) is 50.3 Å². The average molecular weight is 435 g/mol. The van der Waals surface area contributed by atoms with Gasteiger partial charge < -0.3 is 10.2 Å². The second-order valence-electron chi connectivity index (χ2n) is 11.4. The van der Waals surface area contributed by atoms with E-state index in [1.165, 1.54) is 12.0 Å². The van der Waals surface area contributed by atoms with Crippen molar-refractivity contribution in [2.75, 3.05) is 7.05 Å². The molecule has 172 valence electrons. The zero-order valence-electron chi connectivity index (χ0n) is 20.0. The van der Waals surface area contributed by atoms with Gasteiger partial charge >= 0.3 is 0 Å². The Bertz CT molecular complexity index is 927. The van der Waals surface area contributed by atoms with Crippen molar-refractivity contribution in [3.8, 4) is 0 Å². The molecule has 1 aliphatic heterocycles. The lowest BCUT2D eigenvalue weighted by atomic mass is 9.47. The molecule has 3 fully saturated rings. The molecule has 4 aliphatic rings. The first-order valence-corrected chi connectivity index (χ1v) is 12.6. The van der Waals surface area contributed by atoms with Gasteiger partial charge in [-0.2, -0.15) is 0 Å². The fourth-order valence-corrected chi connectivity index (χ4v) is 8.31. The van der Waals surface area contributed by atoms with Crippen molar-refractivity contribution in [1.29, 1.82) is 0 Å². The third kappa shape index (κ3) is 3.16. The predicted molar refractivity (Wildman–Crippen MR) is 127 cm³/mol. The Hall–Kier alpha value is -2.10. The van der Waals surface area contributed by atoms with Gasteiger partial charge in [-0.15, -0.1) is 0 Å². The average Bonchev–Trinajstić information content (AvgIpc) is 3.14. The van der Waals surface area contributed by atoms with E-state index in [2.05, 4.69) is 44.3 Å². The number of hydrogen-bond donors (Lipinski definition) is 1. The molecule has 4 heteroatoms. The monoisotopic (exact) mass is 434 g/mol. The maximum Gasteiger partial charge on any atom is 0.246 e. The number of carbonyl (C=O) groups is 2. The molecule has 1 aromatic carbocycles. The number of rotatable bonds is 3. The molecule has 2 amide bonds. The van der Waals surface area contributed by atoms with Gasteiger partial charge in [0.2, 0.25) is 11.8 Å². The van der Waals surface area contributed by atoms with Crippen LogP contribution in [0.25, 0.3) is 0 Å². The molecule has 0 radical (unpaired) electrons. The van der Waals surface area contributed by atoms with E-state index in [1.54, 1.807) is 0 Å². The molecule has 0 aromatic heterocycles. The third-order valence-electron chi connectivity index (χ3n) is 10.1. The molecule has 8 atom stereocenters. The Morgan fingerprint density at radius 1 is 1.06 bits per heavy atom. The van der Waals surface area contributed by atoms with Crippen molar-refractivity contribution in [1.82, 2.24) is 10.2 Å². The van der Waals surface area contributed by atoms with E-state index in [-0.39, 0.29) is 34.6 Å². The van der Waals surface area contributed by atoms with Gasteiger partial charge in [-0.05, 0) is 80.3 Å². The van der Waals surface area contributed by atoms with Crippen LogP contribution in [0, 0.1) is 34.5 Å². The first-order chi connectivity index (χ1) is 15.3. The largest absolute Gasteiger partial charge is 0.349 e. The smallest absolute Gasteiger partial charge is 0.246 e. The predicted octanol–water partition coefficient (Wildman–Crippen LogP) is 5.12. The fourth-order valence-electron chi connectivity index (χ4n) is 8.31. The van der Waals surface area contributed by atoms with Gasteiger partial charge in [-0.3, -0.25) is 9.59 Å². The van der Waals surface area contributed by atoms with E-state index >= 15 is 0 Å². The van der Waals surface area contributed by atoms with E-state index in [9.17, 15) is 9.59 Å². The number of carbonyl (C=O) groups excluding carboxylic acids is 2. The number of likely N-dealkylation sites (N-methyl/N-ethyl adjacent to an activating group) is 1. The van der Waals surface area contributed by atoms with E-state index in [0.29, 0.717) is 23.8 Å². The minimum absolute atomic E-state index is 0.0393. The van der Waals surface area contributed by atoms with Crippen LogP contribution in [0.5, 0.6) is 0 Å². The molecule has 1 aromatic rings. The standard InChI is InChI=1S/C28H38N2O2/c1-18(19-8-6-5-7-9-19)29-26(32)23-12-11-21-20-10-13-24-28(3,17-15-25(31)30(24)4)22(20)14-16-27(21,23)2/h5-9,15,17-18,20-24H,10-14,16H2,1-4H3,(H,29,32)/t18-,20+,21+,22+,23-,24-,27+,28-/m1/s1. The summed E-state index contributed by atoms with van der Waals surface area (Å²) in [5.74, 6) is 2.38. The van der Waals surface area contributed by atoms with E-state index in [0.717, 1.165) is 32.1 Å². The van der Waals surface area contributed by atoms with Gasteiger partial charge in [-0.25, -0.2) is 0 Å². The minimum Gasteiger partial charge on any atom is -0.349 e. The van der Waals surface area contributed by atoms with E-state index < -0.39 is 0 Å². The zero-order valence-corrected chi connectivity index (χ0v) is 20.0. The van der Waals surface area contributed by atoms with Crippen LogP contribution < -0.4 is 5.32 Å². The van der Waals surface area contributed by atoms with Crippen molar-refractivity contribution in [2.24, 2.45) is 34.5 Å². The summed E-state index contributed by atoms with van der Waals surface area (Å²) in [6.45, 7) is 6.88. The van der Waals surface area contributed by atoms with Crippen molar-refractivity contribution in [2.45, 2.75) is 71.4 Å². The van der Waals surface area contributed by atoms with Gasteiger partial charge in [0, 0.05) is 24.4 Å². The number of nitrogens with one attached hydrogen (secondary N) is 1. The summed E-state index contributed by atoms with van der Waals surface area (Å²) >= 11 is 0. The molecule has 0 unspecified atom stereocenters. The third-order valence-corrected chi connectivity index (χ3v) is 10.1. The Labute approximate surface area is 192 Å². The van der Waals surface area contributed by atoms with Crippen LogP contribution in [0.4, 0.5) is 0 Å². The Morgan fingerprint density at radius 3 is 2.56 bits per heavy atom. The molecule has 0 bridgehead atoms. The summed E-state index contributed by atoms with van der Waals surface area (Å²) in [5.41, 5.74) is 1.32. The van der Waals surface area contributed by atoms with Crippen molar-refractivity contribution in [3.05, 3.63) is 48.0 Å². The molecular weight excluding hydrogens is 396 g/mol. The SMILES string of the molecule is C[C@@H](NC(=O)[C@H]1CC[C@H]2[C@@H]3CC[C@H]4N(C)C(=O)C=C[C@]4(C)[C@H]3CC[C@]12C)c1ccccc1. The fraction of sp³-hybridized carbons (Fsp3) is 0.643. The van der Waals surface area contributed by atoms with Gasteiger partial charge in [0.25, 0.3) is 0 Å². The highest BCUT2D eigenvalue weighted by molar-refractivity contribution is 5.89. The van der Waals surface area contributed by atoms with Crippen LogP contribution >= 0.6 is 0 Å². The van der Waals surface area contributed by atoms with Crippen LogP contribution in [-0.2, 0) is 9.59 Å². The Morgan fingerprint density at radius 2 is 1.81 bits per heavy atom. The summed E-state index contributed by atoms with van der Waals surface area (Å²) in [4.78, 5) is 27.7. The highest BCUT2D eigenvalue weighted by Gasteiger charge is 2.61. The lowest BCUT2D eigenvalue weighted by Gasteiger charge is -2.60. The summed E-state index contributed by atoms with van der Waals surface area (Å²) in [7, 11) is 1.98. The first kappa shape index (κ1) is 21.7. The highest BCUT2D eigenvalue weighted by Crippen LogP contribution is 2.65. The topological polar surface area (TPSA) is 49.4 Å². The summed E-state index contributed by atoms with van der Waals surface area (Å²) in [6.07, 6.45) is 10.8. The van der Waals surface area contributed by atoms with E-state index in [4.69, 9.17) is 0 Å². The number of amides is 2. The Balaban J connectivity index is 1.34. The molecule has 0 saturated heterocycles. The molecule has 3 saturated carbocycles. The molecule has 1 N–H and O–H groups in total. The molecule has 4 nitrogen and oxygen atoms in total. The van der Waals surface area contributed by atoms with E-state index in [1.807, 2.05) is 36.2 Å². The van der Waals surface area contributed by atoms with Gasteiger partial charge in [0.1, 0.15) is 0 Å². The second kappa shape index (κ2) is 7.74.